The molecule has 8 heteroatoms. The Kier molecular flexibility index (Phi) is 10.3. The van der Waals surface area contributed by atoms with E-state index in [1.807, 2.05) is 50.4 Å². The molecule has 0 saturated carbocycles. The van der Waals surface area contributed by atoms with Crippen LogP contribution in [0.2, 0.25) is 0 Å². The molecular formula is C19H29N3O4S. The first kappa shape index (κ1) is 22.8. The molecule has 1 aromatic carbocycles. The maximum absolute atomic E-state index is 12.6. The summed E-state index contributed by atoms with van der Waals surface area (Å²) in [5.41, 5.74) is 6.23. The van der Waals surface area contributed by atoms with Crippen molar-refractivity contribution in [2.24, 2.45) is 11.7 Å². The standard InChI is InChI=1S/C19H29N3O4S/c1-13(2)11-16(17(20)23)21-18(24)15(9-10-27-3)22-19(25)26-12-14-7-5-4-6-8-14/h4-8,13,15-16H,9-12H2,1-3H3,(H2,20,23)(H,21,24)(H,22,25)/t15-,16+/m0/s1. The molecule has 0 heterocycles. The van der Waals surface area contributed by atoms with E-state index >= 15 is 0 Å². The number of primary amides is 1. The SMILES string of the molecule is CSCC[C@H](NC(=O)OCc1ccccc1)C(=O)N[C@H](CC(C)C)C(N)=O. The second-order valence-corrected chi connectivity index (χ2v) is 7.62. The van der Waals surface area contributed by atoms with Crippen LogP contribution >= 0.6 is 11.8 Å². The minimum Gasteiger partial charge on any atom is -0.445 e. The molecule has 0 spiro atoms. The Balaban J connectivity index is 2.65. The average Bonchev–Trinajstić information content (AvgIpc) is 2.63. The van der Waals surface area contributed by atoms with Crippen LogP contribution in [0.5, 0.6) is 0 Å². The molecule has 0 aromatic heterocycles. The lowest BCUT2D eigenvalue weighted by Crippen LogP contribution is -2.53. The van der Waals surface area contributed by atoms with Crippen LogP contribution in [0.3, 0.4) is 0 Å². The highest BCUT2D eigenvalue weighted by molar-refractivity contribution is 7.98. The largest absolute Gasteiger partial charge is 0.445 e. The number of thioether (sulfide) groups is 1. The zero-order valence-electron chi connectivity index (χ0n) is 16.1. The first-order valence-electron chi connectivity index (χ1n) is 8.89. The van der Waals surface area contributed by atoms with Crippen molar-refractivity contribution in [3.05, 3.63) is 35.9 Å². The van der Waals surface area contributed by atoms with Crippen molar-refractivity contribution < 1.29 is 19.1 Å². The van der Waals surface area contributed by atoms with Crippen molar-refractivity contribution in [1.29, 1.82) is 0 Å². The van der Waals surface area contributed by atoms with E-state index in [9.17, 15) is 14.4 Å². The van der Waals surface area contributed by atoms with Crippen LogP contribution in [-0.4, -0.2) is 42.0 Å². The molecule has 0 aliphatic heterocycles. The molecule has 0 unspecified atom stereocenters. The fraction of sp³-hybridized carbons (Fsp3) is 0.526. The van der Waals surface area contributed by atoms with E-state index in [0.717, 1.165) is 5.56 Å². The third kappa shape index (κ3) is 9.33. The molecular weight excluding hydrogens is 366 g/mol. The first-order chi connectivity index (χ1) is 12.8. The lowest BCUT2D eigenvalue weighted by molar-refractivity contribution is -0.128. The van der Waals surface area contributed by atoms with Crippen molar-refractivity contribution in [2.45, 2.75) is 45.4 Å². The van der Waals surface area contributed by atoms with Crippen molar-refractivity contribution in [3.8, 4) is 0 Å². The van der Waals surface area contributed by atoms with Crippen LogP contribution in [-0.2, 0) is 20.9 Å². The number of ether oxygens (including phenoxy) is 1. The van der Waals surface area contributed by atoms with Crippen LogP contribution in [0.4, 0.5) is 4.79 Å². The second-order valence-electron chi connectivity index (χ2n) is 6.63. The first-order valence-corrected chi connectivity index (χ1v) is 10.3. The Morgan fingerprint density at radius 3 is 2.33 bits per heavy atom. The van der Waals surface area contributed by atoms with Gasteiger partial charge in [0.2, 0.25) is 11.8 Å². The number of rotatable bonds is 11. The molecule has 27 heavy (non-hydrogen) atoms. The Bertz CT molecular complexity index is 610. The van der Waals surface area contributed by atoms with Crippen molar-refractivity contribution in [2.75, 3.05) is 12.0 Å². The molecule has 0 aliphatic rings. The molecule has 1 rings (SSSR count). The number of carbonyl (C=O) groups excluding carboxylic acids is 3. The van der Waals surface area contributed by atoms with E-state index in [4.69, 9.17) is 10.5 Å². The zero-order valence-corrected chi connectivity index (χ0v) is 16.9. The monoisotopic (exact) mass is 395 g/mol. The fourth-order valence-corrected chi connectivity index (χ4v) is 2.87. The van der Waals surface area contributed by atoms with Crippen molar-refractivity contribution in [3.63, 3.8) is 0 Å². The molecule has 0 saturated heterocycles. The van der Waals surface area contributed by atoms with Gasteiger partial charge in [0.05, 0.1) is 0 Å². The summed E-state index contributed by atoms with van der Waals surface area (Å²) < 4.78 is 5.18. The molecule has 4 N–H and O–H groups in total. The molecule has 2 atom stereocenters. The third-order valence-electron chi connectivity index (χ3n) is 3.80. The van der Waals surface area contributed by atoms with E-state index in [0.29, 0.717) is 18.6 Å². The van der Waals surface area contributed by atoms with Gasteiger partial charge >= 0.3 is 6.09 Å². The summed E-state index contributed by atoms with van der Waals surface area (Å²) in [5, 5.41) is 5.22. The van der Waals surface area contributed by atoms with E-state index in [-0.39, 0.29) is 12.5 Å². The van der Waals surface area contributed by atoms with Crippen LogP contribution in [0.25, 0.3) is 0 Å². The summed E-state index contributed by atoms with van der Waals surface area (Å²) in [6, 6.07) is 7.70. The smallest absolute Gasteiger partial charge is 0.408 e. The minimum atomic E-state index is -0.797. The van der Waals surface area contributed by atoms with E-state index in [1.165, 1.54) is 0 Å². The maximum atomic E-state index is 12.6. The lowest BCUT2D eigenvalue weighted by Gasteiger charge is -2.22. The van der Waals surface area contributed by atoms with Gasteiger partial charge in [0.15, 0.2) is 0 Å². The number of amides is 3. The van der Waals surface area contributed by atoms with Crippen LogP contribution in [0.15, 0.2) is 30.3 Å². The fourth-order valence-electron chi connectivity index (χ4n) is 2.40. The predicted octanol–water partition coefficient (Wildman–Crippen LogP) is 2.05. The van der Waals surface area contributed by atoms with Crippen LogP contribution in [0.1, 0.15) is 32.3 Å². The van der Waals surface area contributed by atoms with E-state index < -0.39 is 30.0 Å². The minimum absolute atomic E-state index is 0.112. The number of carbonyl (C=O) groups is 3. The summed E-state index contributed by atoms with van der Waals surface area (Å²) in [6.45, 7) is 3.99. The number of hydrogen-bond donors (Lipinski definition) is 3. The highest BCUT2D eigenvalue weighted by Gasteiger charge is 2.26. The van der Waals surface area contributed by atoms with Gasteiger partial charge in [0, 0.05) is 0 Å². The molecule has 0 radical (unpaired) electrons. The highest BCUT2D eigenvalue weighted by atomic mass is 32.2. The average molecular weight is 396 g/mol. The lowest BCUT2D eigenvalue weighted by atomic mass is 10.0. The van der Waals surface area contributed by atoms with Gasteiger partial charge < -0.3 is 21.1 Å². The van der Waals surface area contributed by atoms with Gasteiger partial charge in [-0.15, -0.1) is 0 Å². The second kappa shape index (κ2) is 12.2. The number of nitrogens with one attached hydrogen (secondary N) is 2. The Morgan fingerprint density at radius 2 is 1.78 bits per heavy atom. The normalized spacial score (nSPS) is 12.9. The van der Waals surface area contributed by atoms with Gasteiger partial charge in [-0.2, -0.15) is 11.8 Å². The summed E-state index contributed by atoms with van der Waals surface area (Å²) in [4.78, 5) is 36.2. The molecule has 150 valence electrons. The van der Waals surface area contributed by atoms with Crippen molar-refractivity contribution in [1.82, 2.24) is 10.6 Å². The van der Waals surface area contributed by atoms with Crippen LogP contribution < -0.4 is 16.4 Å². The van der Waals surface area contributed by atoms with Gasteiger partial charge in [0.1, 0.15) is 18.7 Å². The highest BCUT2D eigenvalue weighted by Crippen LogP contribution is 2.07. The number of nitrogens with two attached hydrogens (primary N) is 1. The van der Waals surface area contributed by atoms with Gasteiger partial charge in [0.25, 0.3) is 0 Å². The summed E-state index contributed by atoms with van der Waals surface area (Å²) in [7, 11) is 0. The zero-order chi connectivity index (χ0) is 20.2. The Labute approximate surface area is 164 Å². The topological polar surface area (TPSA) is 111 Å². The molecule has 0 aliphatic carbocycles. The molecule has 0 fully saturated rings. The predicted molar refractivity (Wildman–Crippen MR) is 107 cm³/mol. The van der Waals surface area contributed by atoms with Gasteiger partial charge in [-0.1, -0.05) is 44.2 Å². The summed E-state index contributed by atoms with van der Waals surface area (Å²) in [5.74, 6) is -0.170. The van der Waals surface area contributed by atoms with Gasteiger partial charge in [-0.25, -0.2) is 4.79 Å². The summed E-state index contributed by atoms with van der Waals surface area (Å²) in [6.07, 6.45) is 2.09. The van der Waals surface area contributed by atoms with E-state index in [2.05, 4.69) is 10.6 Å². The molecule has 1 aromatic rings. The summed E-state index contributed by atoms with van der Waals surface area (Å²) >= 11 is 1.56. The quantitative estimate of drug-likeness (QED) is 0.531. The maximum Gasteiger partial charge on any atom is 0.408 e. The van der Waals surface area contributed by atoms with Gasteiger partial charge in [-0.05, 0) is 36.3 Å². The third-order valence-corrected chi connectivity index (χ3v) is 4.44. The number of hydrogen-bond acceptors (Lipinski definition) is 5. The molecule has 3 amide bonds. The number of benzene rings is 1. The number of alkyl carbamates (subject to hydrolysis) is 1. The van der Waals surface area contributed by atoms with Crippen LogP contribution in [0, 0.1) is 5.92 Å². The van der Waals surface area contributed by atoms with E-state index in [1.54, 1.807) is 11.8 Å². The van der Waals surface area contributed by atoms with Crippen molar-refractivity contribution >= 4 is 29.7 Å². The van der Waals surface area contributed by atoms with Gasteiger partial charge in [-0.3, -0.25) is 9.59 Å². The molecule has 7 nitrogen and oxygen atoms in total. The molecule has 0 bridgehead atoms. The Morgan fingerprint density at radius 1 is 1.11 bits per heavy atom. The Hall–Kier alpha value is -2.22.